The first-order valence-corrected chi connectivity index (χ1v) is 7.93. The zero-order chi connectivity index (χ0) is 14.6. The molecule has 0 aliphatic heterocycles. The highest BCUT2D eigenvalue weighted by molar-refractivity contribution is 7.89. The highest BCUT2D eigenvalue weighted by atomic mass is 32.2. The molecule has 4 nitrogen and oxygen atoms in total. The molecule has 0 aromatic heterocycles. The molecule has 0 fully saturated rings. The lowest BCUT2D eigenvalue weighted by molar-refractivity contribution is 0.597. The first-order chi connectivity index (χ1) is 9.47. The summed E-state index contributed by atoms with van der Waals surface area (Å²) in [6.07, 6.45) is 0.874. The average Bonchev–Trinajstić information content (AvgIpc) is 2.40. The van der Waals surface area contributed by atoms with Crippen molar-refractivity contribution in [1.82, 2.24) is 0 Å². The number of aryl methyl sites for hydroxylation is 1. The Balaban J connectivity index is 2.04. The van der Waals surface area contributed by atoms with Gasteiger partial charge in [-0.1, -0.05) is 36.4 Å². The molecule has 0 aliphatic rings. The van der Waals surface area contributed by atoms with E-state index in [9.17, 15) is 8.42 Å². The molecule has 0 atom stereocenters. The van der Waals surface area contributed by atoms with Crippen LogP contribution >= 0.6 is 0 Å². The number of primary sulfonamides is 1. The fourth-order valence-corrected chi connectivity index (χ4v) is 2.82. The van der Waals surface area contributed by atoms with Crippen molar-refractivity contribution in [2.24, 2.45) is 5.14 Å². The van der Waals surface area contributed by atoms with Gasteiger partial charge in [-0.3, -0.25) is 0 Å². The van der Waals surface area contributed by atoms with E-state index in [-0.39, 0.29) is 4.90 Å². The molecular weight excluding hydrogens is 272 g/mol. The number of hydrogen-bond acceptors (Lipinski definition) is 3. The number of nitrogens with one attached hydrogen (secondary N) is 1. The monoisotopic (exact) mass is 290 g/mol. The Labute approximate surface area is 119 Å². The predicted molar refractivity (Wildman–Crippen MR) is 81.2 cm³/mol. The summed E-state index contributed by atoms with van der Waals surface area (Å²) in [6.45, 7) is 2.46. The quantitative estimate of drug-likeness (QED) is 0.887. The summed E-state index contributed by atoms with van der Waals surface area (Å²) in [5, 5.41) is 8.40. The largest absolute Gasteiger partial charge is 0.385 e. The van der Waals surface area contributed by atoms with Gasteiger partial charge in [0.05, 0.1) is 4.90 Å². The maximum atomic E-state index is 11.5. The SMILES string of the molecule is Cc1ccc(NCCc2ccccc2)cc1S(N)(=O)=O. The van der Waals surface area contributed by atoms with Crippen LogP contribution in [0.25, 0.3) is 0 Å². The number of benzene rings is 2. The van der Waals surface area contributed by atoms with Crippen LogP contribution in [0.5, 0.6) is 0 Å². The normalized spacial score (nSPS) is 11.3. The molecule has 3 N–H and O–H groups in total. The van der Waals surface area contributed by atoms with Crippen LogP contribution in [0.3, 0.4) is 0 Å². The van der Waals surface area contributed by atoms with E-state index in [0.717, 1.165) is 18.7 Å². The van der Waals surface area contributed by atoms with Crippen LogP contribution in [0.15, 0.2) is 53.4 Å². The molecule has 0 aliphatic carbocycles. The summed E-state index contributed by atoms with van der Waals surface area (Å²) < 4.78 is 22.9. The maximum absolute atomic E-state index is 11.5. The molecule has 106 valence electrons. The minimum absolute atomic E-state index is 0.169. The van der Waals surface area contributed by atoms with Crippen LogP contribution in [-0.4, -0.2) is 15.0 Å². The van der Waals surface area contributed by atoms with Gasteiger partial charge in [-0.15, -0.1) is 0 Å². The van der Waals surface area contributed by atoms with E-state index in [0.29, 0.717) is 5.56 Å². The molecule has 2 aromatic rings. The van der Waals surface area contributed by atoms with Crippen molar-refractivity contribution < 1.29 is 8.42 Å². The molecule has 5 heteroatoms. The van der Waals surface area contributed by atoms with E-state index in [1.807, 2.05) is 24.3 Å². The number of rotatable bonds is 5. The first kappa shape index (κ1) is 14.6. The lowest BCUT2D eigenvalue weighted by atomic mass is 10.1. The topological polar surface area (TPSA) is 72.2 Å². The maximum Gasteiger partial charge on any atom is 0.238 e. The van der Waals surface area contributed by atoms with Gasteiger partial charge in [0.2, 0.25) is 10.0 Å². The molecule has 0 radical (unpaired) electrons. The van der Waals surface area contributed by atoms with Crippen LogP contribution < -0.4 is 10.5 Å². The third-order valence-electron chi connectivity index (χ3n) is 3.08. The fourth-order valence-electron chi connectivity index (χ4n) is 2.01. The van der Waals surface area contributed by atoms with Crippen LogP contribution in [-0.2, 0) is 16.4 Å². The average molecular weight is 290 g/mol. The molecule has 0 saturated heterocycles. The van der Waals surface area contributed by atoms with Gasteiger partial charge in [0.25, 0.3) is 0 Å². The molecule has 0 heterocycles. The van der Waals surface area contributed by atoms with E-state index in [1.54, 1.807) is 19.1 Å². The Bertz CT molecular complexity index is 682. The first-order valence-electron chi connectivity index (χ1n) is 6.38. The van der Waals surface area contributed by atoms with Gasteiger partial charge < -0.3 is 5.32 Å². The van der Waals surface area contributed by atoms with Gasteiger partial charge in [0, 0.05) is 12.2 Å². The summed E-state index contributed by atoms with van der Waals surface area (Å²) >= 11 is 0. The van der Waals surface area contributed by atoms with Gasteiger partial charge in [-0.2, -0.15) is 0 Å². The van der Waals surface area contributed by atoms with Crippen molar-refractivity contribution in [3.8, 4) is 0 Å². The lowest BCUT2D eigenvalue weighted by Gasteiger charge is -2.10. The zero-order valence-electron chi connectivity index (χ0n) is 11.3. The Morgan fingerprint density at radius 2 is 1.80 bits per heavy atom. The van der Waals surface area contributed by atoms with E-state index < -0.39 is 10.0 Å². The van der Waals surface area contributed by atoms with Gasteiger partial charge in [-0.25, -0.2) is 13.6 Å². The Morgan fingerprint density at radius 1 is 1.10 bits per heavy atom. The summed E-state index contributed by atoms with van der Waals surface area (Å²) in [6, 6.07) is 15.3. The molecule has 0 unspecified atom stereocenters. The summed E-state index contributed by atoms with van der Waals surface area (Å²) in [4.78, 5) is 0.169. The van der Waals surface area contributed by atoms with Gasteiger partial charge in [0.1, 0.15) is 0 Å². The van der Waals surface area contributed by atoms with Gasteiger partial charge in [0.15, 0.2) is 0 Å². The zero-order valence-corrected chi connectivity index (χ0v) is 12.2. The predicted octanol–water partition coefficient (Wildman–Crippen LogP) is 2.30. The second-order valence-electron chi connectivity index (χ2n) is 4.69. The van der Waals surface area contributed by atoms with E-state index in [1.165, 1.54) is 5.56 Å². The van der Waals surface area contributed by atoms with Crippen LogP contribution in [0.4, 0.5) is 5.69 Å². The van der Waals surface area contributed by atoms with E-state index in [2.05, 4.69) is 17.4 Å². The third kappa shape index (κ3) is 3.82. The summed E-state index contributed by atoms with van der Waals surface area (Å²) in [5.74, 6) is 0. The van der Waals surface area contributed by atoms with Crippen molar-refractivity contribution in [3.05, 3.63) is 59.7 Å². The van der Waals surface area contributed by atoms with Crippen molar-refractivity contribution in [1.29, 1.82) is 0 Å². The molecule has 0 amide bonds. The highest BCUT2D eigenvalue weighted by Crippen LogP contribution is 2.18. The third-order valence-corrected chi connectivity index (χ3v) is 4.13. The number of hydrogen-bond donors (Lipinski definition) is 2. The van der Waals surface area contributed by atoms with Crippen molar-refractivity contribution >= 4 is 15.7 Å². The lowest BCUT2D eigenvalue weighted by Crippen LogP contribution is -2.14. The molecule has 20 heavy (non-hydrogen) atoms. The fraction of sp³-hybridized carbons (Fsp3) is 0.200. The number of anilines is 1. The molecule has 0 bridgehead atoms. The molecule has 0 saturated carbocycles. The highest BCUT2D eigenvalue weighted by Gasteiger charge is 2.11. The summed E-state index contributed by atoms with van der Waals surface area (Å²) in [5.41, 5.74) is 2.65. The van der Waals surface area contributed by atoms with Gasteiger partial charge >= 0.3 is 0 Å². The molecule has 2 rings (SSSR count). The minimum Gasteiger partial charge on any atom is -0.385 e. The van der Waals surface area contributed by atoms with Crippen molar-refractivity contribution in [3.63, 3.8) is 0 Å². The summed E-state index contributed by atoms with van der Waals surface area (Å²) in [7, 11) is -3.67. The standard InChI is InChI=1S/C15H18N2O2S/c1-12-7-8-14(11-15(12)20(16,18)19)17-10-9-13-5-3-2-4-6-13/h2-8,11,17H,9-10H2,1H3,(H2,16,18,19). The van der Waals surface area contributed by atoms with Crippen LogP contribution in [0.2, 0.25) is 0 Å². The Morgan fingerprint density at radius 3 is 2.45 bits per heavy atom. The number of nitrogens with two attached hydrogens (primary N) is 1. The molecular formula is C15H18N2O2S. The van der Waals surface area contributed by atoms with Crippen LogP contribution in [0.1, 0.15) is 11.1 Å². The van der Waals surface area contributed by atoms with Crippen molar-refractivity contribution in [2.75, 3.05) is 11.9 Å². The Kier molecular flexibility index (Phi) is 4.42. The molecule has 2 aromatic carbocycles. The van der Waals surface area contributed by atoms with Gasteiger partial charge in [-0.05, 0) is 36.6 Å². The minimum atomic E-state index is -3.67. The second kappa shape index (κ2) is 6.07. The smallest absolute Gasteiger partial charge is 0.238 e. The number of sulfonamides is 1. The van der Waals surface area contributed by atoms with Crippen LogP contribution in [0, 0.1) is 6.92 Å². The van der Waals surface area contributed by atoms with E-state index in [4.69, 9.17) is 5.14 Å². The van der Waals surface area contributed by atoms with E-state index >= 15 is 0 Å². The second-order valence-corrected chi connectivity index (χ2v) is 6.22. The van der Waals surface area contributed by atoms with Crippen molar-refractivity contribution in [2.45, 2.75) is 18.2 Å². The Hall–Kier alpha value is -1.85. The molecule has 0 spiro atoms.